The third kappa shape index (κ3) is 2.43. The van der Waals surface area contributed by atoms with Crippen LogP contribution in [0.5, 0.6) is 0 Å². The van der Waals surface area contributed by atoms with Crippen LogP contribution in [0.15, 0.2) is 0 Å². The Hall–Kier alpha value is -0.200. The normalized spacial score (nSPS) is 37.9. The minimum Gasteiger partial charge on any atom is -0.394 e. The first-order valence-corrected chi connectivity index (χ1v) is 7.23. The quantitative estimate of drug-likeness (QED) is 0.852. The first-order valence-electron chi connectivity index (χ1n) is 7.23. The number of piperidine rings is 1. The highest BCUT2D eigenvalue weighted by Crippen LogP contribution is 2.50. The molecule has 0 amide bonds. The van der Waals surface area contributed by atoms with Crippen molar-refractivity contribution in [2.75, 3.05) is 13.2 Å². The van der Waals surface area contributed by atoms with E-state index in [1.807, 2.05) is 27.7 Å². The lowest BCUT2D eigenvalue weighted by Crippen LogP contribution is -2.66. The molecule has 2 heterocycles. The topological polar surface area (TPSA) is 61.8 Å². The molecule has 2 rings (SSSR count). The van der Waals surface area contributed by atoms with Crippen LogP contribution in [0.25, 0.3) is 0 Å². The molecule has 5 nitrogen and oxygen atoms in total. The number of nitrogens with zero attached hydrogens (tertiary/aromatic N) is 1. The highest BCUT2D eigenvalue weighted by molar-refractivity contribution is 5.05. The van der Waals surface area contributed by atoms with Crippen LogP contribution >= 0.6 is 0 Å². The van der Waals surface area contributed by atoms with Gasteiger partial charge in [0.1, 0.15) is 6.10 Å². The SMILES string of the molecule is CCC1(CC)CC2(CC(C)(C)N1[O])OCC(CO)O2. The lowest BCUT2D eigenvalue weighted by atomic mass is 9.73. The van der Waals surface area contributed by atoms with Crippen molar-refractivity contribution < 1.29 is 19.8 Å². The zero-order chi connectivity index (χ0) is 14.3. The lowest BCUT2D eigenvalue weighted by Gasteiger charge is -2.55. The number of aliphatic hydroxyl groups is 1. The molecule has 0 aromatic rings. The smallest absolute Gasteiger partial charge is 0.172 e. The van der Waals surface area contributed by atoms with Crippen LogP contribution in [0.4, 0.5) is 0 Å². The molecule has 2 aliphatic heterocycles. The van der Waals surface area contributed by atoms with Gasteiger partial charge in [-0.05, 0) is 26.7 Å². The molecule has 0 aliphatic carbocycles. The van der Waals surface area contributed by atoms with Crippen molar-refractivity contribution in [1.82, 2.24) is 5.06 Å². The van der Waals surface area contributed by atoms with Crippen molar-refractivity contribution in [2.45, 2.75) is 76.3 Å². The fourth-order valence-corrected chi connectivity index (χ4v) is 3.69. The van der Waals surface area contributed by atoms with Gasteiger partial charge in [0, 0.05) is 18.4 Å². The van der Waals surface area contributed by atoms with E-state index in [-0.39, 0.29) is 12.7 Å². The molecule has 19 heavy (non-hydrogen) atoms. The number of hydrogen-bond acceptors (Lipinski definition) is 4. The second-order valence-electron chi connectivity index (χ2n) is 6.54. The van der Waals surface area contributed by atoms with E-state index in [0.29, 0.717) is 19.4 Å². The predicted octanol–water partition coefficient (Wildman–Crippen LogP) is 1.87. The third-order valence-corrected chi connectivity index (χ3v) is 4.71. The molecule has 2 aliphatic rings. The molecule has 5 heteroatoms. The number of aliphatic hydroxyl groups excluding tert-OH is 1. The fraction of sp³-hybridized carbons (Fsp3) is 1.00. The van der Waals surface area contributed by atoms with E-state index in [2.05, 4.69) is 0 Å². The summed E-state index contributed by atoms with van der Waals surface area (Å²) in [6.45, 7) is 8.35. The van der Waals surface area contributed by atoms with Gasteiger partial charge in [0.05, 0.1) is 18.8 Å². The second kappa shape index (κ2) is 4.97. The Balaban J connectivity index is 2.29. The first kappa shape index (κ1) is 15.2. The standard InChI is InChI=1S/C14H26NO4/c1-5-13(6-2)10-14(9-12(3,4)15(13)17)18-8-11(7-16)19-14/h11,16H,5-10H2,1-4H3. The largest absolute Gasteiger partial charge is 0.394 e. The average molecular weight is 272 g/mol. The molecular weight excluding hydrogens is 246 g/mol. The van der Waals surface area contributed by atoms with E-state index in [9.17, 15) is 10.3 Å². The number of rotatable bonds is 3. The van der Waals surface area contributed by atoms with E-state index in [0.717, 1.165) is 12.8 Å². The van der Waals surface area contributed by atoms with Crippen LogP contribution in [0, 0.1) is 0 Å². The van der Waals surface area contributed by atoms with Crippen molar-refractivity contribution in [3.05, 3.63) is 0 Å². The summed E-state index contributed by atoms with van der Waals surface area (Å²) in [5, 5.41) is 23.2. The van der Waals surface area contributed by atoms with Crippen molar-refractivity contribution >= 4 is 0 Å². The third-order valence-electron chi connectivity index (χ3n) is 4.71. The Morgan fingerprint density at radius 2 is 1.89 bits per heavy atom. The summed E-state index contributed by atoms with van der Waals surface area (Å²) < 4.78 is 11.8. The number of hydrogen-bond donors (Lipinski definition) is 1. The zero-order valence-corrected chi connectivity index (χ0v) is 12.4. The van der Waals surface area contributed by atoms with Gasteiger partial charge < -0.3 is 14.6 Å². The molecule has 1 radical (unpaired) electrons. The van der Waals surface area contributed by atoms with Gasteiger partial charge in [-0.15, -0.1) is 10.3 Å². The second-order valence-corrected chi connectivity index (χ2v) is 6.54. The molecule has 0 saturated carbocycles. The van der Waals surface area contributed by atoms with Crippen LogP contribution < -0.4 is 0 Å². The molecule has 0 aromatic carbocycles. The molecule has 1 spiro atoms. The number of hydroxylamine groups is 2. The van der Waals surface area contributed by atoms with Crippen LogP contribution in [0.2, 0.25) is 0 Å². The lowest BCUT2D eigenvalue weighted by molar-refractivity contribution is -0.352. The Morgan fingerprint density at radius 3 is 2.37 bits per heavy atom. The summed E-state index contributed by atoms with van der Waals surface area (Å²) in [6, 6.07) is 0. The Kier molecular flexibility index (Phi) is 3.97. The monoisotopic (exact) mass is 272 g/mol. The molecule has 0 bridgehead atoms. The Morgan fingerprint density at radius 1 is 1.26 bits per heavy atom. The zero-order valence-electron chi connectivity index (χ0n) is 12.4. The fourth-order valence-electron chi connectivity index (χ4n) is 3.69. The minimum atomic E-state index is -0.705. The van der Waals surface area contributed by atoms with Crippen molar-refractivity contribution in [1.29, 1.82) is 0 Å². The molecule has 0 aromatic heterocycles. The Bertz CT molecular complexity index is 329. The van der Waals surface area contributed by atoms with E-state index < -0.39 is 16.9 Å². The highest BCUT2D eigenvalue weighted by atomic mass is 16.7. The van der Waals surface area contributed by atoms with E-state index in [1.165, 1.54) is 5.06 Å². The van der Waals surface area contributed by atoms with Crippen LogP contribution in [-0.2, 0) is 14.7 Å². The van der Waals surface area contributed by atoms with Crippen LogP contribution in [-0.4, -0.2) is 46.4 Å². The summed E-state index contributed by atoms with van der Waals surface area (Å²) >= 11 is 0. The summed E-state index contributed by atoms with van der Waals surface area (Å²) in [5.74, 6) is -0.705. The van der Waals surface area contributed by atoms with Crippen molar-refractivity contribution in [2.24, 2.45) is 0 Å². The molecule has 1 N–H and O–H groups in total. The van der Waals surface area contributed by atoms with Gasteiger partial charge in [-0.2, -0.15) is 0 Å². The maximum atomic E-state index is 12.7. The molecular formula is C14H26NO4. The highest BCUT2D eigenvalue weighted by Gasteiger charge is 2.59. The average Bonchev–Trinajstić information content (AvgIpc) is 2.76. The maximum absolute atomic E-state index is 12.7. The van der Waals surface area contributed by atoms with Crippen molar-refractivity contribution in [3.8, 4) is 0 Å². The Labute approximate surface area is 115 Å². The van der Waals surface area contributed by atoms with Crippen LogP contribution in [0.1, 0.15) is 53.4 Å². The van der Waals surface area contributed by atoms with E-state index >= 15 is 0 Å². The van der Waals surface area contributed by atoms with Crippen LogP contribution in [0.3, 0.4) is 0 Å². The van der Waals surface area contributed by atoms with Gasteiger partial charge >= 0.3 is 0 Å². The van der Waals surface area contributed by atoms with Gasteiger partial charge in [-0.1, -0.05) is 13.8 Å². The molecule has 2 fully saturated rings. The summed E-state index contributed by atoms with van der Waals surface area (Å²) in [4.78, 5) is 0. The van der Waals surface area contributed by atoms with E-state index in [4.69, 9.17) is 9.47 Å². The summed E-state index contributed by atoms with van der Waals surface area (Å²) in [7, 11) is 0. The van der Waals surface area contributed by atoms with Gasteiger partial charge in [0.25, 0.3) is 0 Å². The van der Waals surface area contributed by atoms with Gasteiger partial charge in [0.2, 0.25) is 0 Å². The molecule has 111 valence electrons. The van der Waals surface area contributed by atoms with Gasteiger partial charge in [-0.25, -0.2) is 0 Å². The molecule has 2 unspecified atom stereocenters. The van der Waals surface area contributed by atoms with Crippen molar-refractivity contribution in [3.63, 3.8) is 0 Å². The number of ether oxygens (including phenoxy) is 2. The summed E-state index contributed by atoms with van der Waals surface area (Å²) in [5.41, 5.74) is -0.958. The first-order chi connectivity index (χ1) is 8.83. The minimum absolute atomic E-state index is 0.0332. The maximum Gasteiger partial charge on any atom is 0.172 e. The summed E-state index contributed by atoms with van der Waals surface area (Å²) in [6.07, 6.45) is 2.40. The van der Waals surface area contributed by atoms with E-state index in [1.54, 1.807) is 0 Å². The molecule has 2 atom stereocenters. The van der Waals surface area contributed by atoms with Gasteiger partial charge in [-0.3, -0.25) is 0 Å². The molecule has 2 saturated heterocycles. The predicted molar refractivity (Wildman–Crippen MR) is 69.8 cm³/mol. The van der Waals surface area contributed by atoms with Gasteiger partial charge in [0.15, 0.2) is 5.79 Å².